The van der Waals surface area contributed by atoms with Crippen LogP contribution in [-0.4, -0.2) is 51.2 Å². The number of aromatic amines is 1. The Balaban J connectivity index is 1.97. The van der Waals surface area contributed by atoms with Gasteiger partial charge in [0.05, 0.1) is 18.4 Å². The van der Waals surface area contributed by atoms with Crippen molar-refractivity contribution in [2.75, 3.05) is 32.1 Å². The van der Waals surface area contributed by atoms with Crippen LogP contribution < -0.4 is 14.6 Å². The molecular formula is C21H26BrN3O5S. The Labute approximate surface area is 190 Å². The van der Waals surface area contributed by atoms with Crippen molar-refractivity contribution in [1.82, 2.24) is 9.29 Å². The number of nitrogens with one attached hydrogen (secondary N) is 1. The number of pyridine rings is 1. The van der Waals surface area contributed by atoms with E-state index in [4.69, 9.17) is 4.74 Å². The fraction of sp³-hybridized carbons (Fsp3) is 0.429. The smallest absolute Gasteiger partial charge is 0.303 e. The van der Waals surface area contributed by atoms with E-state index in [2.05, 4.69) is 20.9 Å². The van der Waals surface area contributed by atoms with Gasteiger partial charge in [-0.25, -0.2) is 0 Å². The van der Waals surface area contributed by atoms with Crippen molar-refractivity contribution >= 4 is 37.6 Å². The van der Waals surface area contributed by atoms with Crippen LogP contribution in [0.2, 0.25) is 0 Å². The maximum absolute atomic E-state index is 13.2. The minimum Gasteiger partial charge on any atom is -0.496 e. The number of rotatable bonds is 7. The third-order valence-corrected chi connectivity index (χ3v) is 7.70. The second kappa shape index (κ2) is 8.76. The molecule has 1 aliphatic rings. The molecule has 1 N–H and O–H groups in total. The minimum absolute atomic E-state index is 0.0958. The molecular weight excluding hydrogens is 486 g/mol. The van der Waals surface area contributed by atoms with E-state index in [1.54, 1.807) is 25.1 Å². The maximum atomic E-state index is 13.2. The van der Waals surface area contributed by atoms with Crippen LogP contribution in [0.1, 0.15) is 46.4 Å². The quantitative estimate of drug-likeness (QED) is 0.575. The van der Waals surface area contributed by atoms with Crippen LogP contribution in [0.15, 0.2) is 27.5 Å². The highest BCUT2D eigenvalue weighted by molar-refractivity contribution is 9.10. The van der Waals surface area contributed by atoms with Gasteiger partial charge in [0.15, 0.2) is 5.78 Å². The van der Waals surface area contributed by atoms with E-state index >= 15 is 0 Å². The summed E-state index contributed by atoms with van der Waals surface area (Å²) < 4.78 is 34.0. The first kappa shape index (κ1) is 23.5. The highest BCUT2D eigenvalue weighted by atomic mass is 79.9. The Morgan fingerprint density at radius 3 is 2.61 bits per heavy atom. The number of fused-ring (bicyclic) bond motifs is 1. The first-order chi connectivity index (χ1) is 14.5. The van der Waals surface area contributed by atoms with E-state index in [-0.39, 0.29) is 36.6 Å². The molecule has 1 atom stereocenters. The number of nitrogens with zero attached hydrogens (tertiary/aromatic N) is 2. The summed E-state index contributed by atoms with van der Waals surface area (Å²) in [7, 11) is 0.766. The van der Waals surface area contributed by atoms with Crippen LogP contribution >= 0.6 is 15.9 Å². The lowest BCUT2D eigenvalue weighted by Gasteiger charge is -2.24. The van der Waals surface area contributed by atoms with Gasteiger partial charge in [0.25, 0.3) is 5.56 Å². The van der Waals surface area contributed by atoms with Gasteiger partial charge in [-0.1, -0.05) is 22.9 Å². The van der Waals surface area contributed by atoms with E-state index < -0.39 is 10.2 Å². The van der Waals surface area contributed by atoms with Gasteiger partial charge in [0.1, 0.15) is 5.75 Å². The number of ether oxygens (including phenoxy) is 1. The summed E-state index contributed by atoms with van der Waals surface area (Å²) in [5, 5.41) is 0. The molecule has 0 saturated carbocycles. The number of Topliss-reactive ketones (excluding diaryl/α,β-unsaturated/α-hetero) is 1. The topological polar surface area (TPSA) is 99.8 Å². The normalized spacial score (nSPS) is 16.0. The average molecular weight is 512 g/mol. The molecule has 0 radical (unpaired) electrons. The third-order valence-electron chi connectivity index (χ3n) is 5.42. The van der Waals surface area contributed by atoms with E-state index in [9.17, 15) is 18.0 Å². The van der Waals surface area contributed by atoms with Crippen LogP contribution in [0.4, 0.5) is 5.69 Å². The number of halogens is 1. The second-order valence-electron chi connectivity index (χ2n) is 7.86. The molecule has 2 aromatic rings. The molecule has 0 aliphatic carbocycles. The summed E-state index contributed by atoms with van der Waals surface area (Å²) in [6, 6.07) is 5.18. The molecule has 0 saturated heterocycles. The van der Waals surface area contributed by atoms with Gasteiger partial charge in [0.2, 0.25) is 0 Å². The fourth-order valence-corrected chi connectivity index (χ4v) is 5.54. The van der Waals surface area contributed by atoms with Gasteiger partial charge >= 0.3 is 10.2 Å². The number of carbonyl (C=O) groups excluding carboxylic acids is 1. The Kier molecular flexibility index (Phi) is 6.64. The monoisotopic (exact) mass is 511 g/mol. The van der Waals surface area contributed by atoms with Crippen LogP contribution in [0.25, 0.3) is 0 Å². The lowest BCUT2D eigenvalue weighted by Crippen LogP contribution is -2.39. The van der Waals surface area contributed by atoms with Gasteiger partial charge in [-0.3, -0.25) is 13.9 Å². The van der Waals surface area contributed by atoms with E-state index in [1.807, 2.05) is 6.92 Å². The Morgan fingerprint density at radius 1 is 1.32 bits per heavy atom. The first-order valence-corrected chi connectivity index (χ1v) is 12.0. The standard InChI is InChI=1S/C21H26BrN3O5S/c1-12-11-25(31(28,29)24(3)4)17-10-14(22)9-16(20(12)17)18(26)7-6-15-19(30-5)8-13(2)23-21(15)27/h8-10,12H,6-7,11H2,1-5H3,(H,23,27). The molecule has 1 aromatic carbocycles. The van der Waals surface area contributed by atoms with E-state index in [0.29, 0.717) is 38.3 Å². The number of anilines is 1. The maximum Gasteiger partial charge on any atom is 0.303 e. The SMILES string of the molecule is COc1cc(C)[nH]c(=O)c1CCC(=O)c1cc(Br)cc2c1C(C)CN2S(=O)(=O)N(C)C. The average Bonchev–Trinajstić information content (AvgIpc) is 3.02. The number of hydrogen-bond donors (Lipinski definition) is 1. The van der Waals surface area contributed by atoms with Gasteiger partial charge in [0, 0.05) is 48.7 Å². The third kappa shape index (κ3) is 4.42. The zero-order valence-corrected chi connectivity index (χ0v) is 20.6. The Hall–Kier alpha value is -2.17. The molecule has 1 aliphatic heterocycles. The molecule has 10 heteroatoms. The van der Waals surface area contributed by atoms with Crippen molar-refractivity contribution in [1.29, 1.82) is 0 Å². The van der Waals surface area contributed by atoms with Crippen molar-refractivity contribution < 1.29 is 17.9 Å². The van der Waals surface area contributed by atoms with Crippen molar-refractivity contribution in [3.63, 3.8) is 0 Å². The molecule has 31 heavy (non-hydrogen) atoms. The largest absolute Gasteiger partial charge is 0.496 e. The van der Waals surface area contributed by atoms with E-state index in [1.165, 1.54) is 25.5 Å². The van der Waals surface area contributed by atoms with Crippen LogP contribution in [0.3, 0.4) is 0 Å². The van der Waals surface area contributed by atoms with Crippen molar-refractivity contribution in [2.24, 2.45) is 0 Å². The number of H-pyrrole nitrogens is 1. The Bertz CT molecular complexity index is 1190. The highest BCUT2D eigenvalue weighted by Crippen LogP contribution is 2.42. The molecule has 1 aromatic heterocycles. The van der Waals surface area contributed by atoms with Crippen molar-refractivity contribution in [3.8, 4) is 5.75 Å². The van der Waals surface area contributed by atoms with Crippen LogP contribution in [0.5, 0.6) is 5.75 Å². The minimum atomic E-state index is -3.68. The molecule has 1 unspecified atom stereocenters. The van der Waals surface area contributed by atoms with E-state index in [0.717, 1.165) is 4.31 Å². The molecule has 0 fully saturated rings. The zero-order valence-electron chi connectivity index (χ0n) is 18.2. The summed E-state index contributed by atoms with van der Waals surface area (Å²) in [5.74, 6) is 0.148. The molecule has 2 heterocycles. The number of aryl methyl sites for hydroxylation is 1. The molecule has 0 bridgehead atoms. The summed E-state index contributed by atoms with van der Waals surface area (Å²) in [5.41, 5.74) is 2.50. The lowest BCUT2D eigenvalue weighted by molar-refractivity contribution is 0.0981. The van der Waals surface area contributed by atoms with Gasteiger partial charge in [-0.2, -0.15) is 12.7 Å². The number of ketones is 1. The van der Waals surface area contributed by atoms with Gasteiger partial charge in [-0.15, -0.1) is 0 Å². The zero-order chi connectivity index (χ0) is 23.1. The van der Waals surface area contributed by atoms with Crippen LogP contribution in [-0.2, 0) is 16.6 Å². The number of methoxy groups -OCH3 is 1. The number of benzene rings is 1. The summed E-state index contributed by atoms with van der Waals surface area (Å²) >= 11 is 3.41. The van der Waals surface area contributed by atoms with Crippen LogP contribution in [0, 0.1) is 6.92 Å². The van der Waals surface area contributed by atoms with Crippen molar-refractivity contribution in [3.05, 3.63) is 55.4 Å². The second-order valence-corrected chi connectivity index (χ2v) is 10.8. The number of aromatic nitrogens is 1. The van der Waals surface area contributed by atoms with Crippen molar-refractivity contribution in [2.45, 2.75) is 32.6 Å². The molecule has 0 spiro atoms. The highest BCUT2D eigenvalue weighted by Gasteiger charge is 2.37. The molecule has 168 valence electrons. The predicted molar refractivity (Wildman–Crippen MR) is 124 cm³/mol. The molecule has 0 amide bonds. The summed E-state index contributed by atoms with van der Waals surface area (Å²) in [6.45, 7) is 3.93. The molecule has 3 rings (SSSR count). The number of hydrogen-bond acceptors (Lipinski definition) is 5. The fourth-order valence-electron chi connectivity index (χ4n) is 3.89. The van der Waals surface area contributed by atoms with Gasteiger partial charge < -0.3 is 9.72 Å². The first-order valence-electron chi connectivity index (χ1n) is 9.81. The summed E-state index contributed by atoms with van der Waals surface area (Å²) in [6.07, 6.45) is 0.311. The summed E-state index contributed by atoms with van der Waals surface area (Å²) in [4.78, 5) is 28.3. The van der Waals surface area contributed by atoms with Gasteiger partial charge in [-0.05, 0) is 37.1 Å². The molecule has 8 nitrogen and oxygen atoms in total. The Morgan fingerprint density at radius 2 is 2.00 bits per heavy atom. The number of carbonyl (C=O) groups is 1. The predicted octanol–water partition coefficient (Wildman–Crippen LogP) is 3.00. The lowest BCUT2D eigenvalue weighted by atomic mass is 9.92.